The third-order valence-corrected chi connectivity index (χ3v) is 3.93. The normalized spacial score (nSPS) is 11.9. The van der Waals surface area contributed by atoms with Crippen molar-refractivity contribution >= 4 is 11.9 Å². The molecule has 160 valence electrons. The third-order valence-electron chi connectivity index (χ3n) is 3.93. The van der Waals surface area contributed by atoms with Crippen molar-refractivity contribution in [2.24, 2.45) is 5.92 Å². The minimum Gasteiger partial charge on any atom is -0.478 e. The topological polar surface area (TPSA) is 115 Å². The average Bonchev–Trinajstić information content (AvgIpc) is 2.70. The zero-order chi connectivity index (χ0) is 22.2. The summed E-state index contributed by atoms with van der Waals surface area (Å²) in [4.78, 5) is 20.4. The molecule has 0 aliphatic rings. The van der Waals surface area contributed by atoms with Crippen LogP contribution in [-0.4, -0.2) is 44.6 Å². The summed E-state index contributed by atoms with van der Waals surface area (Å²) in [5.41, 5.74) is 0.662. The van der Waals surface area contributed by atoms with E-state index in [9.17, 15) is 14.7 Å². The first-order valence-corrected chi connectivity index (χ1v) is 9.58. The Kier molecular flexibility index (Phi) is 13.8. The number of carboxylic acid groups (broad SMARTS) is 2. The van der Waals surface area contributed by atoms with Gasteiger partial charge in [-0.2, -0.15) is 0 Å². The Bertz CT molecular complexity index is 634. The molecule has 2 unspecified atom stereocenters. The molecule has 0 bridgehead atoms. The smallest absolute Gasteiger partial charge is 0.335 e. The van der Waals surface area contributed by atoms with Gasteiger partial charge in [0.15, 0.2) is 0 Å². The van der Waals surface area contributed by atoms with Crippen LogP contribution in [-0.2, 0) is 0 Å². The first-order chi connectivity index (χ1) is 13.6. The number of aromatic carboxylic acids is 2. The SMILES string of the molecule is CC(O)CCCC(O)C(C)C.O=C(O)c1ccccc1.O=C(O)c1ccccc1. The number of hydrogen-bond donors (Lipinski definition) is 4. The van der Waals surface area contributed by atoms with Gasteiger partial charge in [0.25, 0.3) is 0 Å². The zero-order valence-corrected chi connectivity index (χ0v) is 17.2. The predicted molar refractivity (Wildman–Crippen MR) is 113 cm³/mol. The molecule has 2 aromatic rings. The Hall–Kier alpha value is -2.70. The van der Waals surface area contributed by atoms with Crippen molar-refractivity contribution in [3.63, 3.8) is 0 Å². The zero-order valence-electron chi connectivity index (χ0n) is 17.2. The second-order valence-electron chi connectivity index (χ2n) is 6.93. The molecule has 29 heavy (non-hydrogen) atoms. The van der Waals surface area contributed by atoms with Crippen molar-refractivity contribution in [3.05, 3.63) is 71.8 Å². The molecular weight excluding hydrogens is 372 g/mol. The lowest BCUT2D eigenvalue weighted by Gasteiger charge is -2.14. The first kappa shape index (κ1) is 26.3. The van der Waals surface area contributed by atoms with Crippen LogP contribution in [0.1, 0.15) is 60.7 Å². The summed E-state index contributed by atoms with van der Waals surface area (Å²) >= 11 is 0. The second kappa shape index (κ2) is 15.2. The van der Waals surface area contributed by atoms with Crippen molar-refractivity contribution < 1.29 is 30.0 Å². The molecule has 6 heteroatoms. The van der Waals surface area contributed by atoms with Gasteiger partial charge in [-0.15, -0.1) is 0 Å². The van der Waals surface area contributed by atoms with Crippen LogP contribution in [0.5, 0.6) is 0 Å². The van der Waals surface area contributed by atoms with Gasteiger partial charge in [-0.05, 0) is 56.4 Å². The maximum Gasteiger partial charge on any atom is 0.335 e. The van der Waals surface area contributed by atoms with E-state index in [4.69, 9.17) is 15.3 Å². The van der Waals surface area contributed by atoms with Crippen LogP contribution in [0, 0.1) is 5.92 Å². The lowest BCUT2D eigenvalue weighted by atomic mass is 10.0. The van der Waals surface area contributed by atoms with Gasteiger partial charge in [0, 0.05) is 0 Å². The molecule has 0 heterocycles. The number of rotatable bonds is 7. The summed E-state index contributed by atoms with van der Waals surface area (Å²) in [7, 11) is 0. The second-order valence-corrected chi connectivity index (χ2v) is 6.93. The number of aliphatic hydroxyl groups is 2. The summed E-state index contributed by atoms with van der Waals surface area (Å²) in [5, 5.41) is 35.0. The molecule has 0 aliphatic carbocycles. The van der Waals surface area contributed by atoms with E-state index < -0.39 is 11.9 Å². The fourth-order valence-corrected chi connectivity index (χ4v) is 2.12. The maximum absolute atomic E-state index is 10.2. The molecule has 2 aromatic carbocycles. The maximum atomic E-state index is 10.2. The Morgan fingerprint density at radius 3 is 1.34 bits per heavy atom. The van der Waals surface area contributed by atoms with Gasteiger partial charge >= 0.3 is 11.9 Å². The molecule has 0 saturated heterocycles. The van der Waals surface area contributed by atoms with Gasteiger partial charge < -0.3 is 20.4 Å². The molecule has 0 amide bonds. The summed E-state index contributed by atoms with van der Waals surface area (Å²) in [5.74, 6) is -1.42. The molecular formula is C23H32O6. The van der Waals surface area contributed by atoms with E-state index in [1.165, 1.54) is 0 Å². The highest BCUT2D eigenvalue weighted by Gasteiger charge is 2.08. The molecule has 2 atom stereocenters. The number of benzene rings is 2. The minimum absolute atomic E-state index is 0.200. The standard InChI is InChI=1S/C9H20O2.2C7H6O2/c1-7(2)9(11)6-4-5-8(3)10;2*8-7(9)6-4-2-1-3-5-6/h7-11H,4-6H2,1-3H3;2*1-5H,(H,8,9). The highest BCUT2D eigenvalue weighted by atomic mass is 16.4. The van der Waals surface area contributed by atoms with E-state index in [0.717, 1.165) is 19.3 Å². The minimum atomic E-state index is -0.879. The predicted octanol–water partition coefficient (Wildman–Crippen LogP) is 4.32. The summed E-state index contributed by atoms with van der Waals surface area (Å²) in [6.07, 6.45) is 2.09. The molecule has 0 spiro atoms. The number of carbonyl (C=O) groups is 2. The number of aliphatic hydroxyl groups excluding tert-OH is 2. The van der Waals surface area contributed by atoms with Gasteiger partial charge in [0.05, 0.1) is 23.3 Å². The lowest BCUT2D eigenvalue weighted by Crippen LogP contribution is -2.15. The highest BCUT2D eigenvalue weighted by molar-refractivity contribution is 5.87. The largest absolute Gasteiger partial charge is 0.478 e. The molecule has 6 nitrogen and oxygen atoms in total. The lowest BCUT2D eigenvalue weighted by molar-refractivity contribution is 0.0686. The van der Waals surface area contributed by atoms with E-state index >= 15 is 0 Å². The van der Waals surface area contributed by atoms with Gasteiger partial charge in [0.1, 0.15) is 0 Å². The number of carboxylic acids is 2. The Balaban J connectivity index is 0.000000408. The molecule has 0 radical (unpaired) electrons. The molecule has 0 fully saturated rings. The third kappa shape index (κ3) is 14.0. The summed E-state index contributed by atoms with van der Waals surface area (Å²) in [6.45, 7) is 5.79. The Morgan fingerprint density at radius 1 is 0.724 bits per heavy atom. The number of hydrogen-bond acceptors (Lipinski definition) is 4. The van der Waals surface area contributed by atoms with Crippen molar-refractivity contribution in [1.82, 2.24) is 0 Å². The van der Waals surface area contributed by atoms with Crippen molar-refractivity contribution in [2.45, 2.75) is 52.2 Å². The van der Waals surface area contributed by atoms with Crippen LogP contribution < -0.4 is 0 Å². The molecule has 0 saturated carbocycles. The van der Waals surface area contributed by atoms with Gasteiger partial charge in [-0.25, -0.2) is 9.59 Å². The van der Waals surface area contributed by atoms with Crippen LogP contribution >= 0.6 is 0 Å². The molecule has 0 aromatic heterocycles. The van der Waals surface area contributed by atoms with E-state index in [1.807, 2.05) is 13.8 Å². The molecule has 2 rings (SSSR count). The van der Waals surface area contributed by atoms with E-state index in [-0.39, 0.29) is 12.2 Å². The van der Waals surface area contributed by atoms with Gasteiger partial charge in [0.2, 0.25) is 0 Å². The van der Waals surface area contributed by atoms with E-state index in [1.54, 1.807) is 67.6 Å². The van der Waals surface area contributed by atoms with Crippen molar-refractivity contribution in [3.8, 4) is 0 Å². The molecule has 4 N–H and O–H groups in total. The summed E-state index contributed by atoms with van der Waals surface area (Å²) in [6, 6.07) is 16.6. The van der Waals surface area contributed by atoms with Crippen LogP contribution in [0.25, 0.3) is 0 Å². The van der Waals surface area contributed by atoms with E-state index in [0.29, 0.717) is 17.0 Å². The van der Waals surface area contributed by atoms with Crippen molar-refractivity contribution in [2.75, 3.05) is 0 Å². The van der Waals surface area contributed by atoms with Gasteiger partial charge in [-0.1, -0.05) is 50.2 Å². The van der Waals surface area contributed by atoms with Crippen molar-refractivity contribution in [1.29, 1.82) is 0 Å². The fourth-order valence-electron chi connectivity index (χ4n) is 2.12. The first-order valence-electron chi connectivity index (χ1n) is 9.58. The van der Waals surface area contributed by atoms with Crippen LogP contribution in [0.3, 0.4) is 0 Å². The fraction of sp³-hybridized carbons (Fsp3) is 0.391. The van der Waals surface area contributed by atoms with Crippen LogP contribution in [0.4, 0.5) is 0 Å². The van der Waals surface area contributed by atoms with Crippen LogP contribution in [0.2, 0.25) is 0 Å². The monoisotopic (exact) mass is 404 g/mol. The highest BCUT2D eigenvalue weighted by Crippen LogP contribution is 2.10. The average molecular weight is 405 g/mol. The van der Waals surface area contributed by atoms with Gasteiger partial charge in [-0.3, -0.25) is 0 Å². The van der Waals surface area contributed by atoms with E-state index in [2.05, 4.69) is 0 Å². The molecule has 0 aliphatic heterocycles. The quantitative estimate of drug-likeness (QED) is 0.546. The Labute approximate surface area is 172 Å². The Morgan fingerprint density at radius 2 is 1.10 bits per heavy atom. The van der Waals surface area contributed by atoms with Crippen LogP contribution in [0.15, 0.2) is 60.7 Å². The summed E-state index contributed by atoms with van der Waals surface area (Å²) < 4.78 is 0.